The van der Waals surface area contributed by atoms with E-state index in [4.69, 9.17) is 5.11 Å². The van der Waals surface area contributed by atoms with Crippen LogP contribution in [-0.2, 0) is 4.79 Å². The third kappa shape index (κ3) is 4.42. The molecule has 0 unspecified atom stereocenters. The highest BCUT2D eigenvalue weighted by Gasteiger charge is 2.26. The number of rotatable bonds is 5. The molecule has 0 bridgehead atoms. The van der Waals surface area contributed by atoms with Gasteiger partial charge in [-0.05, 0) is 56.9 Å². The summed E-state index contributed by atoms with van der Waals surface area (Å²) < 4.78 is -0.538. The molecule has 22 heavy (non-hydrogen) atoms. The largest absolute Gasteiger partial charge is 0.481 e. The van der Waals surface area contributed by atoms with Gasteiger partial charge >= 0.3 is 5.97 Å². The maximum Gasteiger partial charge on any atom is 0.303 e. The quantitative estimate of drug-likeness (QED) is 0.601. The number of alkyl halides is 1. The van der Waals surface area contributed by atoms with Crippen LogP contribution in [0.4, 0.5) is 0 Å². The van der Waals surface area contributed by atoms with Gasteiger partial charge in [-0.3, -0.25) is 9.59 Å². The van der Waals surface area contributed by atoms with Gasteiger partial charge in [0.15, 0.2) is 5.78 Å². The fourth-order valence-corrected chi connectivity index (χ4v) is 3.43. The molecule has 1 N–H and O–H groups in total. The molecule has 120 valence electrons. The number of halogens is 1. The van der Waals surface area contributed by atoms with Crippen molar-refractivity contribution in [2.75, 3.05) is 0 Å². The number of hydrogen-bond acceptors (Lipinski definition) is 2. The summed E-state index contributed by atoms with van der Waals surface area (Å²) in [6.07, 6.45) is 4.32. The Bertz CT molecular complexity index is 534. The van der Waals surface area contributed by atoms with Gasteiger partial charge < -0.3 is 5.11 Å². The SMILES string of the molecule is CC(C)(Br)C(=O)c1ccc(C2CCC(CC(=O)O)CC2)cc1. The van der Waals surface area contributed by atoms with E-state index in [9.17, 15) is 9.59 Å². The summed E-state index contributed by atoms with van der Waals surface area (Å²) in [5.74, 6) is 0.211. The summed E-state index contributed by atoms with van der Waals surface area (Å²) >= 11 is 3.40. The van der Waals surface area contributed by atoms with Crippen LogP contribution < -0.4 is 0 Å². The standard InChI is InChI=1S/C18H23BrO3/c1-18(2,19)17(22)15-9-7-14(8-10-15)13-5-3-12(4-6-13)11-16(20)21/h7-10,12-13H,3-6,11H2,1-2H3,(H,20,21). The minimum atomic E-state index is -0.691. The van der Waals surface area contributed by atoms with Gasteiger partial charge in [-0.2, -0.15) is 0 Å². The molecule has 1 aliphatic carbocycles. The first-order valence-corrected chi connectivity index (χ1v) is 8.62. The lowest BCUT2D eigenvalue weighted by atomic mass is 9.77. The third-order valence-electron chi connectivity index (χ3n) is 4.49. The van der Waals surface area contributed by atoms with Gasteiger partial charge in [0.2, 0.25) is 0 Å². The van der Waals surface area contributed by atoms with Crippen LogP contribution in [0.25, 0.3) is 0 Å². The molecule has 0 amide bonds. The van der Waals surface area contributed by atoms with Crippen LogP contribution in [0.1, 0.15) is 67.8 Å². The minimum absolute atomic E-state index is 0.0872. The molecule has 0 aliphatic heterocycles. The van der Waals surface area contributed by atoms with Gasteiger partial charge in [-0.15, -0.1) is 0 Å². The maximum atomic E-state index is 12.2. The predicted octanol–water partition coefficient (Wildman–Crippen LogP) is 4.79. The summed E-state index contributed by atoms with van der Waals surface area (Å²) in [6, 6.07) is 7.91. The van der Waals surface area contributed by atoms with Gasteiger partial charge in [-0.25, -0.2) is 0 Å². The molecule has 1 aromatic carbocycles. The average molecular weight is 367 g/mol. The molecule has 2 rings (SSSR count). The van der Waals surface area contributed by atoms with E-state index in [1.807, 2.05) is 38.1 Å². The molecular weight excluding hydrogens is 344 g/mol. The van der Waals surface area contributed by atoms with E-state index in [0.29, 0.717) is 18.3 Å². The predicted molar refractivity (Wildman–Crippen MR) is 90.7 cm³/mol. The number of ketones is 1. The van der Waals surface area contributed by atoms with Crippen molar-refractivity contribution in [3.8, 4) is 0 Å². The van der Waals surface area contributed by atoms with Crippen LogP contribution in [0.5, 0.6) is 0 Å². The molecular formula is C18H23BrO3. The van der Waals surface area contributed by atoms with Crippen molar-refractivity contribution in [1.82, 2.24) is 0 Å². The number of carbonyl (C=O) groups is 2. The van der Waals surface area contributed by atoms with Gasteiger partial charge in [0.25, 0.3) is 0 Å². The fraction of sp³-hybridized carbons (Fsp3) is 0.556. The monoisotopic (exact) mass is 366 g/mol. The van der Waals surface area contributed by atoms with Crippen molar-refractivity contribution in [3.63, 3.8) is 0 Å². The van der Waals surface area contributed by atoms with E-state index in [1.165, 1.54) is 5.56 Å². The number of carbonyl (C=O) groups excluding carboxylic acids is 1. The van der Waals surface area contributed by atoms with Gasteiger partial charge in [0.05, 0.1) is 4.32 Å². The number of aliphatic carboxylic acids is 1. The van der Waals surface area contributed by atoms with Crippen LogP contribution in [0.2, 0.25) is 0 Å². The van der Waals surface area contributed by atoms with E-state index in [-0.39, 0.29) is 5.78 Å². The van der Waals surface area contributed by atoms with Crippen LogP contribution in [0, 0.1) is 5.92 Å². The third-order valence-corrected chi connectivity index (χ3v) is 4.85. The molecule has 0 saturated heterocycles. The molecule has 1 aromatic rings. The Morgan fingerprint density at radius 1 is 1.14 bits per heavy atom. The molecule has 0 heterocycles. The van der Waals surface area contributed by atoms with Crippen LogP contribution in [0.3, 0.4) is 0 Å². The van der Waals surface area contributed by atoms with Crippen molar-refractivity contribution in [3.05, 3.63) is 35.4 Å². The van der Waals surface area contributed by atoms with Crippen molar-refractivity contribution in [1.29, 1.82) is 0 Å². The lowest BCUT2D eigenvalue weighted by Crippen LogP contribution is -2.24. The highest BCUT2D eigenvalue weighted by Crippen LogP contribution is 2.37. The zero-order valence-electron chi connectivity index (χ0n) is 13.1. The second-order valence-corrected chi connectivity index (χ2v) is 8.72. The Hall–Kier alpha value is -1.16. The molecule has 4 heteroatoms. The van der Waals surface area contributed by atoms with Crippen molar-refractivity contribution < 1.29 is 14.7 Å². The summed E-state index contributed by atoms with van der Waals surface area (Å²) in [4.78, 5) is 23.0. The van der Waals surface area contributed by atoms with Crippen LogP contribution >= 0.6 is 15.9 Å². The smallest absolute Gasteiger partial charge is 0.303 e. The Labute approximate surface area is 140 Å². The molecule has 0 atom stereocenters. The topological polar surface area (TPSA) is 54.4 Å². The zero-order chi connectivity index (χ0) is 16.3. The van der Waals surface area contributed by atoms with Gasteiger partial charge in [0.1, 0.15) is 0 Å². The lowest BCUT2D eigenvalue weighted by molar-refractivity contribution is -0.138. The summed E-state index contributed by atoms with van der Waals surface area (Å²) in [5, 5.41) is 8.86. The second-order valence-electron chi connectivity index (χ2n) is 6.74. The first kappa shape index (κ1) is 17.2. The summed E-state index contributed by atoms with van der Waals surface area (Å²) in [7, 11) is 0. The van der Waals surface area contributed by atoms with Crippen LogP contribution in [-0.4, -0.2) is 21.2 Å². The number of carboxylic acid groups (broad SMARTS) is 1. The average Bonchev–Trinajstić information content (AvgIpc) is 2.46. The van der Waals surface area contributed by atoms with Gasteiger partial charge in [-0.1, -0.05) is 40.2 Å². The molecule has 1 saturated carbocycles. The van der Waals surface area contributed by atoms with Gasteiger partial charge in [0, 0.05) is 12.0 Å². The minimum Gasteiger partial charge on any atom is -0.481 e. The highest BCUT2D eigenvalue weighted by atomic mass is 79.9. The Balaban J connectivity index is 1.98. The fourth-order valence-electron chi connectivity index (χ4n) is 3.20. The van der Waals surface area contributed by atoms with Crippen molar-refractivity contribution in [2.24, 2.45) is 5.92 Å². The Morgan fingerprint density at radius 3 is 2.14 bits per heavy atom. The lowest BCUT2D eigenvalue weighted by Gasteiger charge is -2.28. The Morgan fingerprint density at radius 2 is 1.68 bits per heavy atom. The summed E-state index contributed by atoms with van der Waals surface area (Å²) in [5.41, 5.74) is 1.99. The molecule has 0 spiro atoms. The number of hydrogen-bond donors (Lipinski definition) is 1. The number of carboxylic acids is 1. The second kappa shape index (κ2) is 6.95. The normalized spacial score (nSPS) is 22.3. The molecule has 1 aliphatic rings. The molecule has 1 fully saturated rings. The van der Waals surface area contributed by atoms with E-state index in [0.717, 1.165) is 31.2 Å². The zero-order valence-corrected chi connectivity index (χ0v) is 14.7. The van der Waals surface area contributed by atoms with E-state index >= 15 is 0 Å². The Kier molecular flexibility index (Phi) is 5.43. The molecule has 3 nitrogen and oxygen atoms in total. The molecule has 0 radical (unpaired) electrons. The highest BCUT2D eigenvalue weighted by molar-refractivity contribution is 9.10. The van der Waals surface area contributed by atoms with E-state index in [1.54, 1.807) is 0 Å². The number of benzene rings is 1. The summed E-state index contributed by atoms with van der Waals surface area (Å²) in [6.45, 7) is 3.71. The van der Waals surface area contributed by atoms with Crippen LogP contribution in [0.15, 0.2) is 24.3 Å². The van der Waals surface area contributed by atoms with E-state index < -0.39 is 10.3 Å². The first-order chi connectivity index (χ1) is 10.3. The first-order valence-electron chi connectivity index (χ1n) is 7.83. The molecule has 0 aromatic heterocycles. The number of Topliss-reactive ketones (excluding diaryl/α,β-unsaturated/α-hetero) is 1. The van der Waals surface area contributed by atoms with Crippen molar-refractivity contribution in [2.45, 2.75) is 56.2 Å². The maximum absolute atomic E-state index is 12.2. The van der Waals surface area contributed by atoms with E-state index in [2.05, 4.69) is 15.9 Å². The van der Waals surface area contributed by atoms with Crippen molar-refractivity contribution >= 4 is 27.7 Å².